The molecule has 0 aromatic carbocycles. The second kappa shape index (κ2) is 16.5. The predicted molar refractivity (Wildman–Crippen MR) is 116 cm³/mol. The number of hydrogen-bond acceptors (Lipinski definition) is 4. The van der Waals surface area contributed by atoms with Crippen molar-refractivity contribution in [3.8, 4) is 0 Å². The van der Waals surface area contributed by atoms with Gasteiger partial charge in [0.05, 0.1) is 5.41 Å². The summed E-state index contributed by atoms with van der Waals surface area (Å²) >= 11 is 0. The van der Waals surface area contributed by atoms with E-state index in [1.807, 2.05) is 0 Å². The second-order valence-corrected chi connectivity index (χ2v) is 9.23. The van der Waals surface area contributed by atoms with Gasteiger partial charge in [-0.2, -0.15) is 8.42 Å². The van der Waals surface area contributed by atoms with E-state index in [-0.39, 0.29) is 42.4 Å². The molecule has 0 saturated carbocycles. The van der Waals surface area contributed by atoms with E-state index in [9.17, 15) is 32.8 Å². The summed E-state index contributed by atoms with van der Waals surface area (Å²) in [5.41, 5.74) is -2.01. The molecule has 0 radical (unpaired) electrons. The zero-order valence-electron chi connectivity index (χ0n) is 17.4. The van der Waals surface area contributed by atoms with Crippen LogP contribution >= 0.6 is 0 Å². The summed E-state index contributed by atoms with van der Waals surface area (Å²) in [5.74, 6) is -3.26. The first-order valence-corrected chi connectivity index (χ1v) is 12.1. The predicted octanol–water partition coefficient (Wildman–Crippen LogP) is 4.25. The van der Waals surface area contributed by atoms with Crippen LogP contribution in [0.25, 0.3) is 0 Å². The van der Waals surface area contributed by atoms with Crippen molar-refractivity contribution in [1.82, 2.24) is 0 Å². The van der Waals surface area contributed by atoms with Gasteiger partial charge in [0.1, 0.15) is 0 Å². The average molecular weight is 447 g/mol. The van der Waals surface area contributed by atoms with Crippen molar-refractivity contribution in [2.75, 3.05) is 0 Å². The summed E-state index contributed by atoms with van der Waals surface area (Å²) < 4.78 is 33.1. The second-order valence-electron chi connectivity index (χ2n) is 7.73. The fraction of sp³-hybridized carbons (Fsp3) is 0.900. The van der Waals surface area contributed by atoms with Gasteiger partial charge in [0.25, 0.3) is 10.1 Å². The van der Waals surface area contributed by atoms with Gasteiger partial charge in [0, 0.05) is 0 Å². The molecule has 0 heterocycles. The number of carboxylic acids is 2. The standard InChI is InChI=1S/C20H38O7S.Na.H/c1-3-5-7-9-11-13-15-20(19(23)24,16-14-12-10-8-6-4-2)17(18(21)22)28(25,26)27;;/h17H,3-16H2,1-2H3,(H,21,22)(H,23,24)(H,25,26,27);;. The molecule has 9 heteroatoms. The van der Waals surface area contributed by atoms with Gasteiger partial charge >= 0.3 is 41.5 Å². The number of aliphatic carboxylic acids is 2. The number of unbranched alkanes of at least 4 members (excludes halogenated alkanes) is 10. The Morgan fingerprint density at radius 2 is 1.10 bits per heavy atom. The molecule has 0 aliphatic carbocycles. The maximum absolute atomic E-state index is 12.1. The quantitative estimate of drug-likeness (QED) is 0.163. The van der Waals surface area contributed by atoms with Crippen LogP contribution in [0.3, 0.4) is 0 Å². The van der Waals surface area contributed by atoms with Crippen LogP contribution in [0, 0.1) is 5.41 Å². The van der Waals surface area contributed by atoms with E-state index in [1.165, 1.54) is 0 Å². The topological polar surface area (TPSA) is 129 Å². The zero-order chi connectivity index (χ0) is 21.6. The molecule has 0 saturated heterocycles. The van der Waals surface area contributed by atoms with E-state index in [0.717, 1.165) is 51.4 Å². The van der Waals surface area contributed by atoms with Crippen molar-refractivity contribution in [2.45, 2.75) is 109 Å². The molecule has 168 valence electrons. The molecule has 29 heavy (non-hydrogen) atoms. The van der Waals surface area contributed by atoms with E-state index in [0.29, 0.717) is 25.7 Å². The maximum atomic E-state index is 12.1. The molecule has 0 aliphatic rings. The molecule has 0 spiro atoms. The fourth-order valence-corrected chi connectivity index (χ4v) is 4.97. The molecule has 0 aromatic rings. The molecular formula is C20H39NaO7S. The van der Waals surface area contributed by atoms with E-state index >= 15 is 0 Å². The van der Waals surface area contributed by atoms with Crippen LogP contribution < -0.4 is 0 Å². The van der Waals surface area contributed by atoms with Gasteiger partial charge in [0.2, 0.25) is 0 Å². The molecule has 0 aliphatic heterocycles. The summed E-state index contributed by atoms with van der Waals surface area (Å²) in [5, 5.41) is 16.9. The van der Waals surface area contributed by atoms with Crippen LogP contribution in [0.4, 0.5) is 0 Å². The first kappa shape index (κ1) is 31.0. The molecular weight excluding hydrogens is 407 g/mol. The Bertz CT molecular complexity index is 547. The van der Waals surface area contributed by atoms with Crippen LogP contribution in [0.2, 0.25) is 0 Å². The average Bonchev–Trinajstić information content (AvgIpc) is 2.58. The Balaban J connectivity index is 0. The Hall–Kier alpha value is -0.150. The van der Waals surface area contributed by atoms with Gasteiger partial charge in [-0.05, 0) is 12.8 Å². The molecule has 0 amide bonds. The minimum atomic E-state index is -5.05. The van der Waals surface area contributed by atoms with Gasteiger partial charge in [-0.25, -0.2) is 0 Å². The molecule has 0 aromatic heterocycles. The third kappa shape index (κ3) is 11.7. The number of hydrogen-bond donors (Lipinski definition) is 3. The van der Waals surface area contributed by atoms with Crippen molar-refractivity contribution in [3.05, 3.63) is 0 Å². The normalized spacial score (nSPS) is 12.9. The van der Waals surface area contributed by atoms with Gasteiger partial charge in [-0.3, -0.25) is 14.1 Å². The Morgan fingerprint density at radius 1 is 0.759 bits per heavy atom. The van der Waals surface area contributed by atoms with Crippen LogP contribution in [0.15, 0.2) is 0 Å². The number of carboxylic acid groups (broad SMARTS) is 2. The number of carbonyl (C=O) groups is 2. The Kier molecular flexibility index (Phi) is 17.7. The van der Waals surface area contributed by atoms with Crippen LogP contribution in [0.1, 0.15) is 104 Å². The third-order valence-corrected chi connectivity index (χ3v) is 6.65. The van der Waals surface area contributed by atoms with Gasteiger partial charge < -0.3 is 10.2 Å². The van der Waals surface area contributed by atoms with Crippen LogP contribution in [-0.4, -0.2) is 69.9 Å². The molecule has 0 bridgehead atoms. The molecule has 3 N–H and O–H groups in total. The van der Waals surface area contributed by atoms with Crippen LogP contribution in [-0.2, 0) is 19.7 Å². The first-order valence-electron chi connectivity index (χ1n) is 10.6. The first-order chi connectivity index (χ1) is 13.1. The van der Waals surface area contributed by atoms with E-state index < -0.39 is 32.7 Å². The molecule has 0 fully saturated rings. The molecule has 7 nitrogen and oxygen atoms in total. The molecule has 1 unspecified atom stereocenters. The van der Waals surface area contributed by atoms with Crippen molar-refractivity contribution < 1.29 is 32.8 Å². The Labute approximate surface area is 198 Å². The van der Waals surface area contributed by atoms with Gasteiger partial charge in [-0.15, -0.1) is 0 Å². The summed E-state index contributed by atoms with van der Waals surface area (Å²) in [7, 11) is -5.05. The van der Waals surface area contributed by atoms with E-state index in [4.69, 9.17) is 0 Å². The SMILES string of the molecule is CCCCCCCCC(CCCCCCCC)(C(=O)O)C(C(=O)O)S(=O)(=O)O.[NaH]. The minimum absolute atomic E-state index is 0. The van der Waals surface area contributed by atoms with Crippen molar-refractivity contribution in [3.63, 3.8) is 0 Å². The van der Waals surface area contributed by atoms with E-state index in [2.05, 4.69) is 13.8 Å². The van der Waals surface area contributed by atoms with E-state index in [1.54, 1.807) is 0 Å². The summed E-state index contributed by atoms with van der Waals surface area (Å²) in [4.78, 5) is 23.8. The number of rotatable bonds is 18. The van der Waals surface area contributed by atoms with Crippen molar-refractivity contribution >= 4 is 51.6 Å². The third-order valence-electron chi connectivity index (χ3n) is 5.40. The Morgan fingerprint density at radius 3 is 1.38 bits per heavy atom. The monoisotopic (exact) mass is 446 g/mol. The fourth-order valence-electron chi connectivity index (χ4n) is 3.80. The molecule has 0 rings (SSSR count). The summed E-state index contributed by atoms with van der Waals surface area (Å²) in [6.45, 7) is 4.17. The molecule has 1 atom stereocenters. The van der Waals surface area contributed by atoms with Gasteiger partial charge in [0.15, 0.2) is 5.25 Å². The van der Waals surface area contributed by atoms with Crippen LogP contribution in [0.5, 0.6) is 0 Å². The summed E-state index contributed by atoms with van der Waals surface area (Å²) in [6.07, 6.45) is 10.2. The zero-order valence-corrected chi connectivity index (χ0v) is 18.2. The van der Waals surface area contributed by atoms with Gasteiger partial charge in [-0.1, -0.05) is 90.9 Å². The van der Waals surface area contributed by atoms with Crippen molar-refractivity contribution in [1.29, 1.82) is 0 Å². The van der Waals surface area contributed by atoms with Crippen molar-refractivity contribution in [2.24, 2.45) is 5.41 Å². The summed E-state index contributed by atoms with van der Waals surface area (Å²) in [6, 6.07) is 0.